The summed E-state index contributed by atoms with van der Waals surface area (Å²) >= 11 is 0. The second kappa shape index (κ2) is 5.53. The van der Waals surface area contributed by atoms with Crippen molar-refractivity contribution in [2.24, 2.45) is 5.73 Å². The van der Waals surface area contributed by atoms with Gasteiger partial charge in [0.15, 0.2) is 0 Å². The topological polar surface area (TPSA) is 43.8 Å². The van der Waals surface area contributed by atoms with Gasteiger partial charge in [-0.15, -0.1) is 12.4 Å². The van der Waals surface area contributed by atoms with Gasteiger partial charge in [0.25, 0.3) is 0 Å². The monoisotopic (exact) mass is 223 g/mol. The third-order valence-corrected chi connectivity index (χ3v) is 2.20. The van der Waals surface area contributed by atoms with Crippen LogP contribution in [0.4, 0.5) is 0 Å². The molecular weight excluding hydrogens is 210 g/mol. The Labute approximate surface area is 95.4 Å². The molecule has 3 nitrogen and oxygen atoms in total. The third-order valence-electron chi connectivity index (χ3n) is 2.20. The molecule has 0 fully saturated rings. The number of benzene rings is 1. The van der Waals surface area contributed by atoms with Crippen LogP contribution in [0.15, 0.2) is 42.9 Å². The summed E-state index contributed by atoms with van der Waals surface area (Å²) in [6.07, 6.45) is 3.62. The van der Waals surface area contributed by atoms with E-state index in [1.165, 1.54) is 5.56 Å². The summed E-state index contributed by atoms with van der Waals surface area (Å²) in [5.74, 6) is 0. The van der Waals surface area contributed by atoms with Gasteiger partial charge in [-0.2, -0.15) is 0 Å². The van der Waals surface area contributed by atoms with Crippen LogP contribution in [0.2, 0.25) is 0 Å². The van der Waals surface area contributed by atoms with Gasteiger partial charge in [-0.3, -0.25) is 0 Å². The number of hydrogen-bond donors (Lipinski definition) is 1. The Morgan fingerprint density at radius 1 is 1.20 bits per heavy atom. The van der Waals surface area contributed by atoms with Crippen LogP contribution < -0.4 is 5.73 Å². The maximum atomic E-state index is 5.59. The molecule has 80 valence electrons. The van der Waals surface area contributed by atoms with Crippen molar-refractivity contribution < 1.29 is 0 Å². The molecule has 1 heterocycles. The van der Waals surface area contributed by atoms with E-state index in [0.717, 1.165) is 12.2 Å². The summed E-state index contributed by atoms with van der Waals surface area (Å²) in [6.45, 7) is 1.38. The molecule has 0 unspecified atom stereocenters. The zero-order valence-corrected chi connectivity index (χ0v) is 9.15. The van der Waals surface area contributed by atoms with Crippen LogP contribution in [0, 0.1) is 0 Å². The summed E-state index contributed by atoms with van der Waals surface area (Å²) in [4.78, 5) is 4.07. The van der Waals surface area contributed by atoms with E-state index in [0.29, 0.717) is 6.54 Å². The van der Waals surface area contributed by atoms with Crippen molar-refractivity contribution in [1.82, 2.24) is 9.55 Å². The summed E-state index contributed by atoms with van der Waals surface area (Å²) in [5.41, 5.74) is 7.92. The maximum Gasteiger partial charge on any atom is 0.0951 e. The molecule has 0 saturated carbocycles. The molecule has 1 aromatic carbocycles. The van der Waals surface area contributed by atoms with E-state index in [-0.39, 0.29) is 12.4 Å². The van der Waals surface area contributed by atoms with Gasteiger partial charge in [0, 0.05) is 19.3 Å². The number of rotatable bonds is 3. The lowest BCUT2D eigenvalue weighted by molar-refractivity contribution is 0.740. The Morgan fingerprint density at radius 3 is 2.60 bits per heavy atom. The molecule has 0 aliphatic carbocycles. The minimum atomic E-state index is 0. The smallest absolute Gasteiger partial charge is 0.0951 e. The zero-order chi connectivity index (χ0) is 9.80. The molecular formula is C11H14ClN3. The number of nitrogens with zero attached hydrogens (tertiary/aromatic N) is 2. The lowest BCUT2D eigenvalue weighted by atomic mass is 10.2. The van der Waals surface area contributed by atoms with Crippen LogP contribution in [-0.4, -0.2) is 9.55 Å². The largest absolute Gasteiger partial charge is 0.329 e. The van der Waals surface area contributed by atoms with E-state index in [1.807, 2.05) is 30.7 Å². The van der Waals surface area contributed by atoms with Crippen LogP contribution in [0.1, 0.15) is 11.3 Å². The second-order valence-corrected chi connectivity index (χ2v) is 3.20. The van der Waals surface area contributed by atoms with Crippen molar-refractivity contribution in [2.45, 2.75) is 13.1 Å². The molecule has 0 atom stereocenters. The average molecular weight is 224 g/mol. The Bertz CT molecular complexity index is 397. The number of halogens is 1. The number of aromatic nitrogens is 2. The number of nitrogens with two attached hydrogens (primary N) is 1. The Balaban J connectivity index is 0.00000112. The third kappa shape index (κ3) is 2.81. The van der Waals surface area contributed by atoms with E-state index in [4.69, 9.17) is 5.73 Å². The number of hydrogen-bond acceptors (Lipinski definition) is 2. The van der Waals surface area contributed by atoms with Crippen molar-refractivity contribution in [2.75, 3.05) is 0 Å². The lowest BCUT2D eigenvalue weighted by Crippen LogP contribution is -2.07. The van der Waals surface area contributed by atoms with Crippen molar-refractivity contribution in [3.63, 3.8) is 0 Å². The van der Waals surface area contributed by atoms with Crippen molar-refractivity contribution >= 4 is 12.4 Å². The molecule has 2 rings (SSSR count). The fourth-order valence-corrected chi connectivity index (χ4v) is 1.44. The van der Waals surface area contributed by atoms with E-state index in [2.05, 4.69) is 21.7 Å². The fraction of sp³-hybridized carbons (Fsp3) is 0.182. The molecule has 0 aliphatic rings. The first-order valence-corrected chi connectivity index (χ1v) is 4.63. The van der Waals surface area contributed by atoms with Crippen molar-refractivity contribution in [1.29, 1.82) is 0 Å². The first-order chi connectivity index (χ1) is 6.90. The van der Waals surface area contributed by atoms with Gasteiger partial charge >= 0.3 is 0 Å². The van der Waals surface area contributed by atoms with Gasteiger partial charge in [-0.05, 0) is 5.56 Å². The summed E-state index contributed by atoms with van der Waals surface area (Å²) in [7, 11) is 0. The molecule has 2 N–H and O–H groups in total. The predicted octanol–water partition coefficient (Wildman–Crippen LogP) is 1.81. The van der Waals surface area contributed by atoms with Crippen LogP contribution >= 0.6 is 12.4 Å². The standard InChI is InChI=1S/C11H13N3.ClH/c12-6-11-7-13-9-14(11)8-10-4-2-1-3-5-10;/h1-5,7,9H,6,8,12H2;1H. The fourth-order valence-electron chi connectivity index (χ4n) is 1.44. The molecule has 4 heteroatoms. The number of imidazole rings is 1. The zero-order valence-electron chi connectivity index (χ0n) is 8.34. The highest BCUT2D eigenvalue weighted by Crippen LogP contribution is 2.05. The van der Waals surface area contributed by atoms with E-state index in [9.17, 15) is 0 Å². The molecule has 0 aliphatic heterocycles. The molecule has 0 radical (unpaired) electrons. The van der Waals surface area contributed by atoms with Gasteiger partial charge in [-0.1, -0.05) is 30.3 Å². The lowest BCUT2D eigenvalue weighted by Gasteiger charge is -2.05. The first-order valence-electron chi connectivity index (χ1n) is 4.63. The Kier molecular flexibility index (Phi) is 4.34. The second-order valence-electron chi connectivity index (χ2n) is 3.20. The molecule has 0 saturated heterocycles. The first kappa shape index (κ1) is 11.8. The summed E-state index contributed by atoms with van der Waals surface area (Å²) in [5, 5.41) is 0. The molecule has 0 bridgehead atoms. The van der Waals surface area contributed by atoms with Gasteiger partial charge in [0.1, 0.15) is 0 Å². The maximum absolute atomic E-state index is 5.59. The SMILES string of the molecule is Cl.NCc1cncn1Cc1ccccc1. The molecule has 2 aromatic rings. The molecule has 1 aromatic heterocycles. The minimum Gasteiger partial charge on any atom is -0.329 e. The molecule has 15 heavy (non-hydrogen) atoms. The van der Waals surface area contributed by atoms with Gasteiger partial charge in [-0.25, -0.2) is 4.98 Å². The quantitative estimate of drug-likeness (QED) is 0.863. The Hall–Kier alpha value is -1.32. The average Bonchev–Trinajstić information content (AvgIpc) is 2.67. The highest BCUT2D eigenvalue weighted by atomic mass is 35.5. The normalized spacial score (nSPS) is 9.67. The summed E-state index contributed by atoms with van der Waals surface area (Å²) in [6, 6.07) is 10.3. The molecule has 0 amide bonds. The highest BCUT2D eigenvalue weighted by molar-refractivity contribution is 5.85. The van der Waals surface area contributed by atoms with E-state index >= 15 is 0 Å². The van der Waals surface area contributed by atoms with Gasteiger partial charge in [0.2, 0.25) is 0 Å². The van der Waals surface area contributed by atoms with Crippen molar-refractivity contribution in [3.05, 3.63) is 54.1 Å². The predicted molar refractivity (Wildman–Crippen MR) is 62.9 cm³/mol. The van der Waals surface area contributed by atoms with Gasteiger partial charge in [0.05, 0.1) is 12.0 Å². The molecule has 0 spiro atoms. The van der Waals surface area contributed by atoms with Crippen LogP contribution in [0.3, 0.4) is 0 Å². The summed E-state index contributed by atoms with van der Waals surface area (Å²) < 4.78 is 2.06. The van der Waals surface area contributed by atoms with Crippen LogP contribution in [0.25, 0.3) is 0 Å². The van der Waals surface area contributed by atoms with Crippen LogP contribution in [-0.2, 0) is 13.1 Å². The highest BCUT2D eigenvalue weighted by Gasteiger charge is 1.99. The minimum absolute atomic E-state index is 0. The van der Waals surface area contributed by atoms with Crippen molar-refractivity contribution in [3.8, 4) is 0 Å². The van der Waals surface area contributed by atoms with Crippen LogP contribution in [0.5, 0.6) is 0 Å². The Morgan fingerprint density at radius 2 is 1.93 bits per heavy atom. The van der Waals surface area contributed by atoms with E-state index < -0.39 is 0 Å². The van der Waals surface area contributed by atoms with Gasteiger partial charge < -0.3 is 10.3 Å². The van der Waals surface area contributed by atoms with E-state index in [1.54, 1.807) is 0 Å².